The number of fused-ring (bicyclic) bond motifs is 1. The smallest absolute Gasteiger partial charge is 0.163 e. The highest BCUT2D eigenvalue weighted by Crippen LogP contribution is 2.25. The van der Waals surface area contributed by atoms with Crippen molar-refractivity contribution in [3.8, 4) is 5.75 Å². The number of hydrogen-bond acceptors (Lipinski definition) is 2. The second kappa shape index (κ2) is 4.43. The predicted molar refractivity (Wildman–Crippen MR) is 55.2 cm³/mol. The van der Waals surface area contributed by atoms with Crippen molar-refractivity contribution in [1.29, 1.82) is 0 Å². The number of ether oxygens (including phenoxy) is 1. The van der Waals surface area contributed by atoms with Crippen molar-refractivity contribution in [1.82, 2.24) is 0 Å². The van der Waals surface area contributed by atoms with E-state index < -0.39 is 6.67 Å². The van der Waals surface area contributed by atoms with Crippen LogP contribution < -0.4 is 4.74 Å². The lowest BCUT2D eigenvalue weighted by Gasteiger charge is -2.15. The van der Waals surface area contributed by atoms with Gasteiger partial charge in [0.05, 0.1) is 0 Å². The zero-order chi connectivity index (χ0) is 10.7. The maximum Gasteiger partial charge on any atom is 0.163 e. The Hall–Kier alpha value is -1.38. The molecule has 2 nitrogen and oxygen atoms in total. The van der Waals surface area contributed by atoms with Crippen LogP contribution in [0.25, 0.3) is 0 Å². The molecule has 0 atom stereocenters. The zero-order valence-electron chi connectivity index (χ0n) is 8.46. The Bertz CT molecular complexity index is 374. The number of carbonyl (C=O) groups excluding carboxylic acids is 1. The first-order valence-corrected chi connectivity index (χ1v) is 5.16. The Kier molecular flexibility index (Phi) is 2.99. The highest BCUT2D eigenvalue weighted by Gasteiger charge is 2.17. The van der Waals surface area contributed by atoms with Crippen molar-refractivity contribution in [3.05, 3.63) is 29.3 Å². The van der Waals surface area contributed by atoms with Gasteiger partial charge in [-0.05, 0) is 36.6 Å². The molecule has 0 saturated heterocycles. The van der Waals surface area contributed by atoms with Crippen molar-refractivity contribution in [2.45, 2.75) is 19.3 Å². The minimum Gasteiger partial charge on any atom is -0.491 e. The summed E-state index contributed by atoms with van der Waals surface area (Å²) in [6, 6.07) is 5.37. The van der Waals surface area contributed by atoms with E-state index in [1.165, 1.54) is 0 Å². The second-order valence-corrected chi connectivity index (χ2v) is 3.63. The van der Waals surface area contributed by atoms with Crippen LogP contribution in [0.2, 0.25) is 0 Å². The topological polar surface area (TPSA) is 26.3 Å². The molecule has 0 fully saturated rings. The maximum atomic E-state index is 11.9. The minimum absolute atomic E-state index is 0.0761. The van der Waals surface area contributed by atoms with E-state index >= 15 is 0 Å². The van der Waals surface area contributed by atoms with Crippen LogP contribution in [0.15, 0.2) is 18.2 Å². The van der Waals surface area contributed by atoms with E-state index in [-0.39, 0.29) is 12.4 Å². The molecule has 1 aliphatic carbocycles. The van der Waals surface area contributed by atoms with Gasteiger partial charge in [-0.2, -0.15) is 0 Å². The molecule has 15 heavy (non-hydrogen) atoms. The fourth-order valence-electron chi connectivity index (χ4n) is 1.87. The Morgan fingerprint density at radius 2 is 2.20 bits per heavy atom. The molecule has 0 heterocycles. The average Bonchev–Trinajstić information content (AvgIpc) is 2.26. The molecule has 1 aromatic carbocycles. The minimum atomic E-state index is -0.490. The standard InChI is InChI=1S/C12H13FO2/c13-6-7-15-10-4-5-11-9(8-10)2-1-3-12(11)14/h4-5,8H,1-3,6-7H2. The van der Waals surface area contributed by atoms with E-state index in [1.807, 2.05) is 6.07 Å². The molecular formula is C12H13FO2. The normalized spacial score (nSPS) is 14.9. The summed E-state index contributed by atoms with van der Waals surface area (Å²) in [5.41, 5.74) is 1.83. The van der Waals surface area contributed by atoms with Crippen LogP contribution in [-0.4, -0.2) is 19.1 Å². The summed E-state index contributed by atoms with van der Waals surface area (Å²) in [5.74, 6) is 0.856. The SMILES string of the molecule is O=C1CCCc2cc(OCCF)ccc21. The monoisotopic (exact) mass is 208 g/mol. The van der Waals surface area contributed by atoms with Gasteiger partial charge in [-0.3, -0.25) is 4.79 Å². The predicted octanol–water partition coefficient (Wildman–Crippen LogP) is 2.55. The molecule has 0 saturated carbocycles. The van der Waals surface area contributed by atoms with Gasteiger partial charge < -0.3 is 4.74 Å². The highest BCUT2D eigenvalue weighted by atomic mass is 19.1. The number of rotatable bonds is 3. The van der Waals surface area contributed by atoms with Gasteiger partial charge in [0.15, 0.2) is 5.78 Å². The summed E-state index contributed by atoms with van der Waals surface area (Å²) < 4.78 is 17.1. The summed E-state index contributed by atoms with van der Waals surface area (Å²) >= 11 is 0. The Labute approximate surface area is 88.1 Å². The first kappa shape index (κ1) is 10.1. The number of benzene rings is 1. The molecule has 2 rings (SSSR count). The first-order valence-electron chi connectivity index (χ1n) is 5.16. The van der Waals surface area contributed by atoms with E-state index in [9.17, 15) is 9.18 Å². The molecular weight excluding hydrogens is 195 g/mol. The third-order valence-electron chi connectivity index (χ3n) is 2.57. The van der Waals surface area contributed by atoms with Crippen molar-refractivity contribution in [3.63, 3.8) is 0 Å². The molecule has 0 aliphatic heterocycles. The first-order chi connectivity index (χ1) is 7.31. The Morgan fingerprint density at radius 3 is 3.00 bits per heavy atom. The van der Waals surface area contributed by atoms with Gasteiger partial charge in [0.25, 0.3) is 0 Å². The van der Waals surface area contributed by atoms with Crippen LogP contribution in [0.4, 0.5) is 4.39 Å². The van der Waals surface area contributed by atoms with Crippen LogP contribution >= 0.6 is 0 Å². The van der Waals surface area contributed by atoms with Crippen molar-refractivity contribution in [2.75, 3.05) is 13.3 Å². The fourth-order valence-corrected chi connectivity index (χ4v) is 1.87. The third-order valence-corrected chi connectivity index (χ3v) is 2.57. The van der Waals surface area contributed by atoms with Gasteiger partial charge in [0, 0.05) is 12.0 Å². The maximum absolute atomic E-state index is 11.9. The zero-order valence-corrected chi connectivity index (χ0v) is 8.46. The van der Waals surface area contributed by atoms with E-state index in [0.717, 1.165) is 24.0 Å². The Balaban J connectivity index is 2.21. The highest BCUT2D eigenvalue weighted by molar-refractivity contribution is 5.98. The van der Waals surface area contributed by atoms with Crippen LogP contribution in [0.5, 0.6) is 5.75 Å². The van der Waals surface area contributed by atoms with Crippen molar-refractivity contribution in [2.24, 2.45) is 0 Å². The summed E-state index contributed by atoms with van der Waals surface area (Å²) in [6.07, 6.45) is 2.45. The lowest BCUT2D eigenvalue weighted by atomic mass is 9.91. The van der Waals surface area contributed by atoms with Gasteiger partial charge in [-0.1, -0.05) is 0 Å². The van der Waals surface area contributed by atoms with Gasteiger partial charge in [-0.15, -0.1) is 0 Å². The quantitative estimate of drug-likeness (QED) is 0.763. The molecule has 0 amide bonds. The number of alkyl halides is 1. The molecule has 1 aliphatic rings. The lowest BCUT2D eigenvalue weighted by Crippen LogP contribution is -2.11. The molecule has 0 radical (unpaired) electrons. The molecule has 0 aromatic heterocycles. The largest absolute Gasteiger partial charge is 0.491 e. The summed E-state index contributed by atoms with van der Waals surface area (Å²) in [7, 11) is 0. The second-order valence-electron chi connectivity index (χ2n) is 3.63. The van der Waals surface area contributed by atoms with E-state index in [2.05, 4.69) is 0 Å². The van der Waals surface area contributed by atoms with Gasteiger partial charge in [-0.25, -0.2) is 4.39 Å². The molecule has 80 valence electrons. The molecule has 1 aromatic rings. The molecule has 0 spiro atoms. The number of hydrogen-bond donors (Lipinski definition) is 0. The van der Waals surface area contributed by atoms with Crippen molar-refractivity contribution >= 4 is 5.78 Å². The van der Waals surface area contributed by atoms with Gasteiger partial charge in [0.1, 0.15) is 19.0 Å². The van der Waals surface area contributed by atoms with Crippen LogP contribution in [0.1, 0.15) is 28.8 Å². The van der Waals surface area contributed by atoms with E-state index in [1.54, 1.807) is 12.1 Å². The number of carbonyl (C=O) groups is 1. The van der Waals surface area contributed by atoms with Crippen LogP contribution in [0.3, 0.4) is 0 Å². The molecule has 3 heteroatoms. The average molecular weight is 208 g/mol. The van der Waals surface area contributed by atoms with E-state index in [4.69, 9.17) is 4.74 Å². The summed E-state index contributed by atoms with van der Waals surface area (Å²) in [6.45, 7) is -0.414. The van der Waals surface area contributed by atoms with Crippen LogP contribution in [0, 0.1) is 0 Å². The molecule has 0 bridgehead atoms. The third kappa shape index (κ3) is 2.17. The van der Waals surface area contributed by atoms with Gasteiger partial charge in [0.2, 0.25) is 0 Å². The number of Topliss-reactive ketones (excluding diaryl/α,β-unsaturated/α-hetero) is 1. The summed E-state index contributed by atoms with van der Waals surface area (Å²) in [5, 5.41) is 0. The Morgan fingerprint density at radius 1 is 1.33 bits per heavy atom. The molecule has 0 N–H and O–H groups in total. The molecule has 0 unspecified atom stereocenters. The van der Waals surface area contributed by atoms with Crippen molar-refractivity contribution < 1.29 is 13.9 Å². The van der Waals surface area contributed by atoms with E-state index in [0.29, 0.717) is 12.2 Å². The fraction of sp³-hybridized carbons (Fsp3) is 0.417. The number of ketones is 1. The van der Waals surface area contributed by atoms with Crippen LogP contribution in [-0.2, 0) is 6.42 Å². The van der Waals surface area contributed by atoms with Gasteiger partial charge >= 0.3 is 0 Å². The number of aryl methyl sites for hydroxylation is 1. The summed E-state index contributed by atoms with van der Waals surface area (Å²) in [4.78, 5) is 11.5. The lowest BCUT2D eigenvalue weighted by molar-refractivity contribution is 0.0972. The number of halogens is 1.